The summed E-state index contributed by atoms with van der Waals surface area (Å²) in [5, 5.41) is 0. The second-order valence-electron chi connectivity index (χ2n) is 6.90. The molecule has 1 saturated heterocycles. The summed E-state index contributed by atoms with van der Waals surface area (Å²) in [5.74, 6) is 0.537. The van der Waals surface area contributed by atoms with Gasteiger partial charge in [0.1, 0.15) is 11.6 Å². The Bertz CT molecular complexity index is 633. The topological polar surface area (TPSA) is 87.3 Å². The molecule has 0 saturated carbocycles. The third-order valence-electron chi connectivity index (χ3n) is 4.45. The van der Waals surface area contributed by atoms with Gasteiger partial charge in [0.25, 0.3) is 0 Å². The van der Waals surface area contributed by atoms with E-state index in [0.717, 1.165) is 38.8 Å². The summed E-state index contributed by atoms with van der Waals surface area (Å²) < 4.78 is 35.9. The van der Waals surface area contributed by atoms with Crippen molar-refractivity contribution < 1.29 is 28.3 Å². The molecule has 1 heterocycles. The van der Waals surface area contributed by atoms with Crippen LogP contribution in [0.2, 0.25) is 0 Å². The fourth-order valence-electron chi connectivity index (χ4n) is 3.05. The fraction of sp³-hybridized carbons (Fsp3) is 0.632. The second-order valence-corrected chi connectivity index (χ2v) is 8.25. The molecule has 1 aromatic carbocycles. The van der Waals surface area contributed by atoms with Gasteiger partial charge in [-0.15, -0.1) is 0 Å². The summed E-state index contributed by atoms with van der Waals surface area (Å²) in [6, 6.07) is 4.45. The van der Waals surface area contributed by atoms with Gasteiger partial charge in [0, 0.05) is 25.4 Å². The highest BCUT2D eigenvalue weighted by Crippen LogP contribution is 2.23. The molecular weight excluding hydrogens is 373 g/mol. The maximum atomic E-state index is 13.8. The lowest BCUT2D eigenvalue weighted by Gasteiger charge is -2.31. The van der Waals surface area contributed by atoms with E-state index >= 15 is 0 Å². The van der Waals surface area contributed by atoms with Crippen molar-refractivity contribution in [2.75, 3.05) is 26.0 Å². The van der Waals surface area contributed by atoms with Crippen molar-refractivity contribution in [3.63, 3.8) is 0 Å². The van der Waals surface area contributed by atoms with Gasteiger partial charge in [-0.05, 0) is 57.6 Å². The first-order valence-corrected chi connectivity index (χ1v) is 10.6. The summed E-state index contributed by atoms with van der Waals surface area (Å²) in [6.07, 6.45) is 4.98. The molecule has 0 radical (unpaired) electrons. The molecule has 1 aliphatic rings. The van der Waals surface area contributed by atoms with E-state index < -0.39 is 16.6 Å². The number of likely N-dealkylation sites (tertiary alicyclic amines) is 1. The molecule has 6 nitrogen and oxygen atoms in total. The lowest BCUT2D eigenvalue weighted by molar-refractivity contribution is 0.0643. The van der Waals surface area contributed by atoms with Crippen LogP contribution < -0.4 is 4.74 Å². The molecule has 0 spiro atoms. The Kier molecular flexibility index (Phi) is 9.73. The van der Waals surface area contributed by atoms with E-state index in [1.165, 1.54) is 18.4 Å². The number of ether oxygens (including phenoxy) is 2. The summed E-state index contributed by atoms with van der Waals surface area (Å²) in [7, 11) is -1.34. The molecule has 0 aliphatic carbocycles. The molecule has 2 rings (SSSR count). The third-order valence-corrected chi connectivity index (χ3v) is 5.40. The number of halogens is 1. The molecule has 27 heavy (non-hydrogen) atoms. The van der Waals surface area contributed by atoms with E-state index in [0.29, 0.717) is 18.3 Å². The quantitative estimate of drug-likeness (QED) is 0.654. The van der Waals surface area contributed by atoms with Crippen LogP contribution in [0.25, 0.3) is 0 Å². The number of carbonyl (C=O) groups excluding carboxylic acids is 1. The minimum Gasteiger partial charge on any atom is -0.493 e. The third kappa shape index (κ3) is 7.46. The molecular formula is C19H30FNO5S. The fourth-order valence-corrected chi connectivity index (χ4v) is 3.64. The largest absolute Gasteiger partial charge is 0.493 e. The van der Waals surface area contributed by atoms with Crippen LogP contribution in [0.15, 0.2) is 23.1 Å². The number of piperidine rings is 1. The molecule has 1 amide bonds. The zero-order valence-electron chi connectivity index (χ0n) is 16.2. The molecule has 0 bridgehead atoms. The van der Waals surface area contributed by atoms with Crippen LogP contribution in [0, 0.1) is 11.7 Å². The Morgan fingerprint density at radius 1 is 1.33 bits per heavy atom. The monoisotopic (exact) mass is 403 g/mol. The van der Waals surface area contributed by atoms with Gasteiger partial charge in [-0.25, -0.2) is 9.18 Å². The van der Waals surface area contributed by atoms with Gasteiger partial charge in [-0.2, -0.15) is 0 Å². The summed E-state index contributed by atoms with van der Waals surface area (Å²) in [4.78, 5) is 13.8. The van der Waals surface area contributed by atoms with E-state index in [9.17, 15) is 13.4 Å². The highest BCUT2D eigenvalue weighted by Gasteiger charge is 2.24. The standard InChI is InChI=1S/C19H28FNO4S.H2O/c1-14(2)25-19(22)21-10-8-15(9-11-21)5-4-12-24-16-6-7-18(26(3)23)17(20)13-16;/h6-7,13-15H,4-5,8-12H2,1-3H3;1H2. The number of nitrogens with zero attached hydrogens (tertiary/aromatic N) is 1. The maximum absolute atomic E-state index is 13.8. The van der Waals surface area contributed by atoms with Gasteiger partial charge < -0.3 is 19.8 Å². The van der Waals surface area contributed by atoms with Gasteiger partial charge in [-0.1, -0.05) is 0 Å². The summed E-state index contributed by atoms with van der Waals surface area (Å²) in [6.45, 7) is 5.69. The van der Waals surface area contributed by atoms with Crippen molar-refractivity contribution in [2.45, 2.75) is 50.5 Å². The van der Waals surface area contributed by atoms with Gasteiger partial charge in [-0.3, -0.25) is 4.21 Å². The van der Waals surface area contributed by atoms with Gasteiger partial charge >= 0.3 is 6.09 Å². The summed E-state index contributed by atoms with van der Waals surface area (Å²) >= 11 is 0. The lowest BCUT2D eigenvalue weighted by Crippen LogP contribution is -2.39. The van der Waals surface area contributed by atoms with Crippen molar-refractivity contribution in [1.29, 1.82) is 0 Å². The molecule has 154 valence electrons. The molecule has 1 atom stereocenters. The van der Waals surface area contributed by atoms with Crippen LogP contribution in [-0.2, 0) is 15.5 Å². The first-order chi connectivity index (χ1) is 12.4. The molecule has 1 fully saturated rings. The van der Waals surface area contributed by atoms with E-state index in [1.807, 2.05) is 13.8 Å². The highest BCUT2D eigenvalue weighted by atomic mass is 32.2. The number of benzene rings is 1. The van der Waals surface area contributed by atoms with Crippen LogP contribution in [0.1, 0.15) is 39.5 Å². The summed E-state index contributed by atoms with van der Waals surface area (Å²) in [5.41, 5.74) is 0. The molecule has 0 aromatic heterocycles. The van der Waals surface area contributed by atoms with Gasteiger partial charge in [0.15, 0.2) is 0 Å². The minimum atomic E-state index is -1.34. The van der Waals surface area contributed by atoms with Crippen LogP contribution in [0.3, 0.4) is 0 Å². The van der Waals surface area contributed by atoms with Crippen molar-refractivity contribution >= 4 is 16.9 Å². The van der Waals surface area contributed by atoms with Gasteiger partial charge in [0.05, 0.1) is 28.4 Å². The number of hydrogen-bond donors (Lipinski definition) is 0. The predicted octanol–water partition coefficient (Wildman–Crippen LogP) is 3.15. The Balaban J connectivity index is 0.00000364. The van der Waals surface area contributed by atoms with E-state index in [4.69, 9.17) is 9.47 Å². The highest BCUT2D eigenvalue weighted by molar-refractivity contribution is 7.84. The Morgan fingerprint density at radius 3 is 2.56 bits per heavy atom. The average Bonchev–Trinajstić information content (AvgIpc) is 2.58. The zero-order valence-corrected chi connectivity index (χ0v) is 17.0. The lowest BCUT2D eigenvalue weighted by atomic mass is 9.92. The van der Waals surface area contributed by atoms with Crippen molar-refractivity contribution in [2.24, 2.45) is 5.92 Å². The van der Waals surface area contributed by atoms with Crippen molar-refractivity contribution in [3.05, 3.63) is 24.0 Å². The maximum Gasteiger partial charge on any atom is 0.410 e. The Morgan fingerprint density at radius 2 is 2.00 bits per heavy atom. The van der Waals surface area contributed by atoms with E-state index in [2.05, 4.69) is 0 Å². The number of rotatable bonds is 7. The van der Waals surface area contributed by atoms with Gasteiger partial charge in [0.2, 0.25) is 0 Å². The van der Waals surface area contributed by atoms with Crippen LogP contribution >= 0.6 is 0 Å². The van der Waals surface area contributed by atoms with Crippen molar-refractivity contribution in [3.8, 4) is 5.75 Å². The Hall–Kier alpha value is -1.67. The first-order valence-electron chi connectivity index (χ1n) is 9.08. The zero-order chi connectivity index (χ0) is 19.1. The minimum absolute atomic E-state index is 0. The molecule has 1 aliphatic heterocycles. The molecule has 1 aromatic rings. The predicted molar refractivity (Wildman–Crippen MR) is 103 cm³/mol. The SMILES string of the molecule is CC(C)OC(=O)N1CCC(CCCOc2ccc(S(C)=O)c(F)c2)CC1.O. The number of carbonyl (C=O) groups is 1. The van der Waals surface area contributed by atoms with Crippen LogP contribution in [-0.4, -0.2) is 52.7 Å². The number of amides is 1. The van der Waals surface area contributed by atoms with E-state index in [1.54, 1.807) is 11.0 Å². The Labute approximate surface area is 162 Å². The van der Waals surface area contributed by atoms with Crippen LogP contribution in [0.4, 0.5) is 9.18 Å². The smallest absolute Gasteiger partial charge is 0.410 e. The molecule has 1 unspecified atom stereocenters. The van der Waals surface area contributed by atoms with Crippen molar-refractivity contribution in [1.82, 2.24) is 4.90 Å². The number of hydrogen-bond acceptors (Lipinski definition) is 4. The average molecular weight is 404 g/mol. The second kappa shape index (κ2) is 11.2. The van der Waals surface area contributed by atoms with E-state index in [-0.39, 0.29) is 22.6 Å². The normalized spacial score (nSPS) is 16.0. The first kappa shape index (κ1) is 23.4. The molecule has 2 N–H and O–H groups in total. The molecule has 8 heteroatoms. The van der Waals surface area contributed by atoms with Crippen LogP contribution in [0.5, 0.6) is 5.75 Å².